The van der Waals surface area contributed by atoms with Crippen LogP contribution in [-0.2, 0) is 5.41 Å². The minimum absolute atomic E-state index is 0.130. The Balaban J connectivity index is 1.56. The van der Waals surface area contributed by atoms with Gasteiger partial charge in [-0.25, -0.2) is 0 Å². The van der Waals surface area contributed by atoms with Gasteiger partial charge in [-0.2, -0.15) is 0 Å². The standard InChI is InChI=1S/C30H28IN/c31-26-18-14-24(15-19-26)30(22-8-3-9-23-30)25-16-20-29(21-17-25)32(27-10-4-1-5-11-27)28-12-6-2-7-13-28/h1-2,4-7,10-21H,3,8-9,22-23H2. The molecule has 0 radical (unpaired) electrons. The quantitative estimate of drug-likeness (QED) is 0.233. The van der Waals surface area contributed by atoms with Gasteiger partial charge >= 0.3 is 0 Å². The molecule has 4 aromatic carbocycles. The summed E-state index contributed by atoms with van der Waals surface area (Å²) in [7, 11) is 0. The van der Waals surface area contributed by atoms with Crippen molar-refractivity contribution in [3.63, 3.8) is 0 Å². The Morgan fingerprint density at radius 2 is 0.938 bits per heavy atom. The zero-order chi connectivity index (χ0) is 21.8. The highest BCUT2D eigenvalue weighted by molar-refractivity contribution is 14.1. The summed E-state index contributed by atoms with van der Waals surface area (Å²) >= 11 is 2.40. The summed E-state index contributed by atoms with van der Waals surface area (Å²) in [5.41, 5.74) is 6.59. The second-order valence-corrected chi connectivity index (χ2v) is 9.95. The largest absolute Gasteiger partial charge is 0.311 e. The second kappa shape index (κ2) is 9.50. The summed E-state index contributed by atoms with van der Waals surface area (Å²) < 4.78 is 1.30. The van der Waals surface area contributed by atoms with Crippen LogP contribution < -0.4 is 4.90 Å². The van der Waals surface area contributed by atoms with Gasteiger partial charge in [0.05, 0.1) is 0 Å². The van der Waals surface area contributed by atoms with E-state index in [1.165, 1.54) is 63.9 Å². The van der Waals surface area contributed by atoms with E-state index in [0.717, 1.165) is 0 Å². The first-order valence-corrected chi connectivity index (χ1v) is 12.6. The molecule has 0 N–H and O–H groups in total. The van der Waals surface area contributed by atoms with Crippen molar-refractivity contribution in [2.24, 2.45) is 0 Å². The van der Waals surface area contributed by atoms with Crippen LogP contribution in [0.15, 0.2) is 109 Å². The Kier molecular flexibility index (Phi) is 6.31. The van der Waals surface area contributed by atoms with Crippen molar-refractivity contribution in [3.8, 4) is 0 Å². The van der Waals surface area contributed by atoms with Gasteiger partial charge in [-0.1, -0.05) is 79.9 Å². The van der Waals surface area contributed by atoms with Gasteiger partial charge < -0.3 is 4.90 Å². The van der Waals surface area contributed by atoms with Gasteiger partial charge in [0, 0.05) is 26.0 Å². The highest BCUT2D eigenvalue weighted by Gasteiger charge is 2.35. The summed E-state index contributed by atoms with van der Waals surface area (Å²) in [6.45, 7) is 0. The van der Waals surface area contributed by atoms with E-state index >= 15 is 0 Å². The Hall–Kier alpha value is -2.59. The van der Waals surface area contributed by atoms with Crippen molar-refractivity contribution in [1.29, 1.82) is 0 Å². The number of halogens is 1. The van der Waals surface area contributed by atoms with Crippen LogP contribution in [0.1, 0.15) is 43.2 Å². The number of rotatable bonds is 5. The number of hydrogen-bond donors (Lipinski definition) is 0. The number of hydrogen-bond acceptors (Lipinski definition) is 1. The lowest BCUT2D eigenvalue weighted by molar-refractivity contribution is 0.346. The highest BCUT2D eigenvalue weighted by atomic mass is 127. The Bertz CT molecular complexity index is 1090. The molecule has 0 aliphatic heterocycles. The minimum Gasteiger partial charge on any atom is -0.311 e. The molecule has 0 unspecified atom stereocenters. The summed E-state index contributed by atoms with van der Waals surface area (Å²) in [6.07, 6.45) is 6.41. The van der Waals surface area contributed by atoms with Crippen LogP contribution in [0.4, 0.5) is 17.1 Å². The van der Waals surface area contributed by atoms with Crippen LogP contribution in [0.3, 0.4) is 0 Å². The van der Waals surface area contributed by atoms with Crippen molar-refractivity contribution in [2.75, 3.05) is 4.90 Å². The van der Waals surface area contributed by atoms with Gasteiger partial charge in [0.1, 0.15) is 0 Å². The number of nitrogens with zero attached hydrogens (tertiary/aromatic N) is 1. The maximum atomic E-state index is 2.40. The fraction of sp³-hybridized carbons (Fsp3) is 0.200. The van der Waals surface area contributed by atoms with E-state index in [2.05, 4.69) is 137 Å². The van der Waals surface area contributed by atoms with Gasteiger partial charge in [0.25, 0.3) is 0 Å². The molecule has 2 heteroatoms. The third-order valence-corrected chi connectivity index (χ3v) is 7.53. The molecule has 5 rings (SSSR count). The molecule has 0 atom stereocenters. The van der Waals surface area contributed by atoms with Gasteiger partial charge in [-0.15, -0.1) is 0 Å². The monoisotopic (exact) mass is 529 g/mol. The predicted molar refractivity (Wildman–Crippen MR) is 144 cm³/mol. The van der Waals surface area contributed by atoms with Gasteiger partial charge in [0.15, 0.2) is 0 Å². The van der Waals surface area contributed by atoms with Crippen molar-refractivity contribution >= 4 is 39.7 Å². The molecule has 1 aliphatic rings. The first-order chi connectivity index (χ1) is 15.8. The third kappa shape index (κ3) is 4.21. The third-order valence-electron chi connectivity index (χ3n) is 6.81. The molecule has 0 bridgehead atoms. The summed E-state index contributed by atoms with van der Waals surface area (Å²) in [4.78, 5) is 2.34. The Morgan fingerprint density at radius 1 is 0.500 bits per heavy atom. The van der Waals surface area contributed by atoms with Crippen LogP contribution in [0.25, 0.3) is 0 Å². The molecule has 1 aliphatic carbocycles. The van der Waals surface area contributed by atoms with Gasteiger partial charge in [-0.05, 0) is 95.1 Å². The van der Waals surface area contributed by atoms with E-state index in [1.54, 1.807) is 0 Å². The lowest BCUT2D eigenvalue weighted by atomic mass is 9.65. The highest BCUT2D eigenvalue weighted by Crippen LogP contribution is 2.46. The summed E-state index contributed by atoms with van der Waals surface area (Å²) in [5.74, 6) is 0. The van der Waals surface area contributed by atoms with E-state index in [1.807, 2.05) is 0 Å². The second-order valence-electron chi connectivity index (χ2n) is 8.70. The molecule has 0 amide bonds. The molecular weight excluding hydrogens is 501 g/mol. The fourth-order valence-corrected chi connectivity index (χ4v) is 5.56. The molecule has 0 heterocycles. The van der Waals surface area contributed by atoms with Gasteiger partial charge in [0.2, 0.25) is 0 Å². The predicted octanol–water partition coefficient (Wildman–Crippen LogP) is 9.01. The topological polar surface area (TPSA) is 3.24 Å². The van der Waals surface area contributed by atoms with Crippen LogP contribution in [-0.4, -0.2) is 0 Å². The maximum Gasteiger partial charge on any atom is 0.0461 e. The first-order valence-electron chi connectivity index (χ1n) is 11.5. The summed E-state index contributed by atoms with van der Waals surface area (Å²) in [5, 5.41) is 0. The van der Waals surface area contributed by atoms with Crippen molar-refractivity contribution in [3.05, 3.63) is 124 Å². The molecular formula is C30H28IN. The zero-order valence-electron chi connectivity index (χ0n) is 18.3. The molecule has 4 aromatic rings. The van der Waals surface area contributed by atoms with Crippen molar-refractivity contribution in [2.45, 2.75) is 37.5 Å². The molecule has 1 nitrogen and oxygen atoms in total. The normalized spacial score (nSPS) is 15.3. The Morgan fingerprint density at radius 3 is 1.44 bits per heavy atom. The lowest BCUT2D eigenvalue weighted by Crippen LogP contribution is -2.30. The molecule has 32 heavy (non-hydrogen) atoms. The Labute approximate surface area is 205 Å². The number of benzene rings is 4. The maximum absolute atomic E-state index is 2.40. The van der Waals surface area contributed by atoms with E-state index in [-0.39, 0.29) is 5.41 Å². The molecule has 1 fully saturated rings. The van der Waals surface area contributed by atoms with Crippen molar-refractivity contribution < 1.29 is 0 Å². The average molecular weight is 529 g/mol. The van der Waals surface area contributed by atoms with Crippen LogP contribution in [0, 0.1) is 3.57 Å². The average Bonchev–Trinajstić information content (AvgIpc) is 2.87. The van der Waals surface area contributed by atoms with Crippen LogP contribution in [0.2, 0.25) is 0 Å². The van der Waals surface area contributed by atoms with Crippen molar-refractivity contribution in [1.82, 2.24) is 0 Å². The molecule has 0 spiro atoms. The fourth-order valence-electron chi connectivity index (χ4n) is 5.20. The summed E-state index contributed by atoms with van der Waals surface area (Å²) in [6, 6.07) is 39.8. The molecule has 1 saturated carbocycles. The number of para-hydroxylation sites is 2. The van der Waals surface area contributed by atoms with E-state index in [0.29, 0.717) is 0 Å². The molecule has 0 aromatic heterocycles. The number of anilines is 3. The lowest BCUT2D eigenvalue weighted by Gasteiger charge is -2.39. The van der Waals surface area contributed by atoms with Crippen LogP contribution in [0.5, 0.6) is 0 Å². The van der Waals surface area contributed by atoms with Gasteiger partial charge in [-0.3, -0.25) is 0 Å². The SMILES string of the molecule is Ic1ccc(C2(c3ccc(N(c4ccccc4)c4ccccc4)cc3)CCCCC2)cc1. The van der Waals surface area contributed by atoms with E-state index in [9.17, 15) is 0 Å². The first kappa shape index (κ1) is 21.3. The molecule has 160 valence electrons. The van der Waals surface area contributed by atoms with Crippen LogP contribution >= 0.6 is 22.6 Å². The zero-order valence-corrected chi connectivity index (χ0v) is 20.4. The minimum atomic E-state index is 0.130. The van der Waals surface area contributed by atoms with E-state index in [4.69, 9.17) is 0 Å². The molecule has 0 saturated heterocycles. The van der Waals surface area contributed by atoms with E-state index < -0.39 is 0 Å². The smallest absolute Gasteiger partial charge is 0.0461 e.